The molecular formula is C18H29B2O7P. The van der Waals surface area contributed by atoms with Gasteiger partial charge in [-0.2, -0.15) is 0 Å². The molecule has 0 atom stereocenters. The third-order valence-electron chi connectivity index (χ3n) is 6.35. The summed E-state index contributed by atoms with van der Waals surface area (Å²) in [7, 11) is -6.01. The van der Waals surface area contributed by atoms with Gasteiger partial charge in [-0.15, -0.1) is 0 Å². The maximum atomic E-state index is 12.0. The van der Waals surface area contributed by atoms with E-state index in [1.165, 1.54) is 12.1 Å². The molecule has 2 fully saturated rings. The third kappa shape index (κ3) is 3.74. The van der Waals surface area contributed by atoms with Gasteiger partial charge in [0.1, 0.15) is 0 Å². The Kier molecular flexibility index (Phi) is 5.05. The van der Waals surface area contributed by atoms with Crippen molar-refractivity contribution in [2.45, 2.75) is 77.8 Å². The van der Waals surface area contributed by atoms with Gasteiger partial charge in [-0.1, -0.05) is 6.07 Å². The molecule has 0 aliphatic carbocycles. The Morgan fingerprint density at radius 3 is 1.21 bits per heavy atom. The van der Waals surface area contributed by atoms with Crippen LogP contribution in [0.5, 0.6) is 0 Å². The molecule has 2 N–H and O–H groups in total. The minimum atomic E-state index is -4.50. The molecule has 0 spiro atoms. The van der Waals surface area contributed by atoms with Crippen molar-refractivity contribution in [3.05, 3.63) is 18.2 Å². The van der Waals surface area contributed by atoms with Crippen molar-refractivity contribution < 1.29 is 33.0 Å². The van der Waals surface area contributed by atoms with Crippen LogP contribution in [-0.4, -0.2) is 46.4 Å². The predicted octanol–water partition coefficient (Wildman–Crippen LogP) is 1.09. The second-order valence-electron chi connectivity index (χ2n) is 9.58. The van der Waals surface area contributed by atoms with Gasteiger partial charge in [-0.05, 0) is 78.4 Å². The van der Waals surface area contributed by atoms with Crippen molar-refractivity contribution in [3.63, 3.8) is 0 Å². The number of benzene rings is 1. The lowest BCUT2D eigenvalue weighted by Gasteiger charge is -2.32. The molecule has 1 aromatic carbocycles. The van der Waals surface area contributed by atoms with Crippen LogP contribution in [0.2, 0.25) is 0 Å². The van der Waals surface area contributed by atoms with E-state index < -0.39 is 44.2 Å². The van der Waals surface area contributed by atoms with Crippen LogP contribution >= 0.6 is 7.60 Å². The molecule has 2 aliphatic heterocycles. The van der Waals surface area contributed by atoms with Crippen molar-refractivity contribution in [3.8, 4) is 0 Å². The van der Waals surface area contributed by atoms with Crippen molar-refractivity contribution >= 4 is 38.1 Å². The lowest BCUT2D eigenvalue weighted by atomic mass is 9.72. The van der Waals surface area contributed by atoms with E-state index in [2.05, 4.69) is 0 Å². The van der Waals surface area contributed by atoms with Crippen LogP contribution in [0.25, 0.3) is 0 Å². The van der Waals surface area contributed by atoms with Gasteiger partial charge in [-0.3, -0.25) is 4.57 Å². The fraction of sp³-hybridized carbons (Fsp3) is 0.667. The van der Waals surface area contributed by atoms with Crippen LogP contribution in [0.1, 0.15) is 55.4 Å². The molecule has 2 saturated heterocycles. The fourth-order valence-corrected chi connectivity index (χ4v) is 3.69. The Balaban J connectivity index is 2.04. The Morgan fingerprint density at radius 2 is 0.964 bits per heavy atom. The summed E-state index contributed by atoms with van der Waals surface area (Å²) < 4.78 is 36.2. The molecule has 1 aromatic rings. The highest BCUT2D eigenvalue weighted by molar-refractivity contribution is 7.60. The van der Waals surface area contributed by atoms with Crippen LogP contribution in [0.15, 0.2) is 18.2 Å². The molecule has 0 amide bonds. The van der Waals surface area contributed by atoms with Gasteiger partial charge in [0.2, 0.25) is 0 Å². The zero-order valence-corrected chi connectivity index (χ0v) is 18.7. The standard InChI is InChI=1S/C18H29B2O7P/c1-15(2)16(3,4)25-19(24-15)12-9-13(11-14(10-12)28(21,22)23)20-26-17(5,6)18(7,8)27-20/h9-11H,1-8H3,(H2,21,22,23). The monoisotopic (exact) mass is 410 g/mol. The van der Waals surface area contributed by atoms with Crippen LogP contribution in [0.4, 0.5) is 0 Å². The zero-order chi connectivity index (χ0) is 21.3. The predicted molar refractivity (Wildman–Crippen MR) is 110 cm³/mol. The van der Waals surface area contributed by atoms with Gasteiger partial charge < -0.3 is 28.4 Å². The molecule has 0 bridgehead atoms. The number of hydrogen-bond acceptors (Lipinski definition) is 5. The Morgan fingerprint density at radius 1 is 0.679 bits per heavy atom. The highest BCUT2D eigenvalue weighted by Gasteiger charge is 2.54. The Bertz CT molecular complexity index is 745. The van der Waals surface area contributed by atoms with E-state index in [0.29, 0.717) is 10.9 Å². The van der Waals surface area contributed by atoms with Crippen molar-refractivity contribution in [2.75, 3.05) is 0 Å². The van der Waals surface area contributed by atoms with E-state index >= 15 is 0 Å². The molecule has 0 unspecified atom stereocenters. The summed E-state index contributed by atoms with van der Waals surface area (Å²) in [5.74, 6) is 0. The first-order valence-electron chi connectivity index (χ1n) is 9.37. The van der Waals surface area contributed by atoms with Gasteiger partial charge in [0.05, 0.1) is 27.7 Å². The first-order chi connectivity index (χ1) is 12.5. The lowest BCUT2D eigenvalue weighted by molar-refractivity contribution is 0.00578. The minimum Gasteiger partial charge on any atom is -0.399 e. The Labute approximate surface area is 167 Å². The molecule has 2 aliphatic rings. The molecule has 0 aromatic heterocycles. The van der Waals surface area contributed by atoms with Crippen LogP contribution in [0, 0.1) is 0 Å². The first-order valence-corrected chi connectivity index (χ1v) is 11.0. The molecule has 10 heteroatoms. The van der Waals surface area contributed by atoms with Crippen molar-refractivity contribution in [2.24, 2.45) is 0 Å². The summed E-state index contributed by atoms with van der Waals surface area (Å²) in [6.45, 7) is 15.4. The second-order valence-corrected chi connectivity index (χ2v) is 11.2. The summed E-state index contributed by atoms with van der Waals surface area (Å²) in [4.78, 5) is 19.6. The van der Waals surface area contributed by atoms with Gasteiger partial charge in [0.25, 0.3) is 0 Å². The van der Waals surface area contributed by atoms with Gasteiger partial charge >= 0.3 is 21.8 Å². The molecule has 2 heterocycles. The molecule has 28 heavy (non-hydrogen) atoms. The molecule has 0 saturated carbocycles. The fourth-order valence-electron chi connectivity index (χ4n) is 3.06. The SMILES string of the molecule is CC1(C)OB(c2cc(B3OC(C)(C)C(C)(C)O3)cc(P(=O)(O)O)c2)OC1(C)C. The average molecular weight is 410 g/mol. The van der Waals surface area contributed by atoms with E-state index in [0.717, 1.165) is 0 Å². The van der Waals surface area contributed by atoms with Crippen molar-refractivity contribution in [1.82, 2.24) is 0 Å². The second kappa shape index (κ2) is 6.42. The lowest BCUT2D eigenvalue weighted by Crippen LogP contribution is -2.43. The summed E-state index contributed by atoms with van der Waals surface area (Å²) in [5.41, 5.74) is -1.24. The van der Waals surface area contributed by atoms with Gasteiger partial charge in [-0.25, -0.2) is 0 Å². The molecule has 154 valence electrons. The van der Waals surface area contributed by atoms with E-state index in [-0.39, 0.29) is 5.30 Å². The highest BCUT2D eigenvalue weighted by Crippen LogP contribution is 2.39. The zero-order valence-electron chi connectivity index (χ0n) is 17.8. The largest absolute Gasteiger partial charge is 0.494 e. The highest BCUT2D eigenvalue weighted by atomic mass is 31.2. The number of rotatable bonds is 3. The van der Waals surface area contributed by atoms with E-state index in [1.807, 2.05) is 55.4 Å². The number of hydrogen-bond donors (Lipinski definition) is 2. The maximum Gasteiger partial charge on any atom is 0.494 e. The minimum absolute atomic E-state index is 0.121. The summed E-state index contributed by atoms with van der Waals surface area (Å²) in [6.07, 6.45) is 0. The summed E-state index contributed by atoms with van der Waals surface area (Å²) >= 11 is 0. The summed E-state index contributed by atoms with van der Waals surface area (Å²) in [5, 5.41) is -0.121. The van der Waals surface area contributed by atoms with E-state index in [1.54, 1.807) is 6.07 Å². The summed E-state index contributed by atoms with van der Waals surface area (Å²) in [6, 6.07) is 4.62. The van der Waals surface area contributed by atoms with Gasteiger partial charge in [0.15, 0.2) is 0 Å². The smallest absolute Gasteiger partial charge is 0.399 e. The average Bonchev–Trinajstić information content (AvgIpc) is 2.86. The maximum absolute atomic E-state index is 12.0. The van der Waals surface area contributed by atoms with Crippen LogP contribution in [-0.2, 0) is 23.2 Å². The molecular weight excluding hydrogens is 381 g/mol. The van der Waals surface area contributed by atoms with Gasteiger partial charge in [0, 0.05) is 0 Å². The molecule has 3 rings (SSSR count). The third-order valence-corrected chi connectivity index (χ3v) is 7.28. The molecule has 0 radical (unpaired) electrons. The Hall–Kier alpha value is -0.660. The quantitative estimate of drug-likeness (QED) is 0.569. The molecule has 7 nitrogen and oxygen atoms in total. The van der Waals surface area contributed by atoms with Crippen LogP contribution < -0.4 is 16.2 Å². The topological polar surface area (TPSA) is 94.5 Å². The van der Waals surface area contributed by atoms with Crippen molar-refractivity contribution in [1.29, 1.82) is 0 Å². The van der Waals surface area contributed by atoms with E-state index in [4.69, 9.17) is 18.6 Å². The normalized spacial score (nSPS) is 25.4. The van der Waals surface area contributed by atoms with E-state index in [9.17, 15) is 14.4 Å². The van der Waals surface area contributed by atoms with Crippen LogP contribution in [0.3, 0.4) is 0 Å². The first kappa shape index (κ1) is 22.0.